The van der Waals surface area contributed by atoms with Crippen molar-refractivity contribution in [3.8, 4) is 0 Å². The molecule has 1 atom stereocenters. The lowest BCUT2D eigenvalue weighted by Gasteiger charge is -2.27. The van der Waals surface area contributed by atoms with Crippen LogP contribution in [0.25, 0.3) is 0 Å². The van der Waals surface area contributed by atoms with Crippen LogP contribution in [-0.4, -0.2) is 53.0 Å². The first-order valence-electron chi connectivity index (χ1n) is 5.60. The third kappa shape index (κ3) is 4.52. The number of hydrogen-bond acceptors (Lipinski definition) is 3. The van der Waals surface area contributed by atoms with Gasteiger partial charge in [-0.05, 0) is 18.6 Å². The van der Waals surface area contributed by atoms with Crippen molar-refractivity contribution in [1.82, 2.24) is 4.90 Å². The molecule has 94 valence electrons. The van der Waals surface area contributed by atoms with Crippen LogP contribution in [-0.2, 0) is 0 Å². The highest BCUT2D eigenvalue weighted by atomic mass is 127. The van der Waals surface area contributed by atoms with E-state index in [4.69, 9.17) is 5.73 Å². The van der Waals surface area contributed by atoms with Crippen LogP contribution in [0.4, 0.5) is 0 Å². The van der Waals surface area contributed by atoms with E-state index in [1.54, 1.807) is 0 Å². The van der Waals surface area contributed by atoms with Gasteiger partial charge in [0.15, 0.2) is 5.96 Å². The molecule has 2 fully saturated rings. The lowest BCUT2D eigenvalue weighted by Crippen LogP contribution is -2.42. The lowest BCUT2D eigenvalue weighted by atomic mass is 10.2. The summed E-state index contributed by atoms with van der Waals surface area (Å²) in [7, 11) is 0. The number of rotatable bonds is 2. The third-order valence-electron chi connectivity index (χ3n) is 2.82. The van der Waals surface area contributed by atoms with Crippen molar-refractivity contribution in [3.05, 3.63) is 0 Å². The van der Waals surface area contributed by atoms with Crippen molar-refractivity contribution in [2.45, 2.75) is 18.1 Å². The van der Waals surface area contributed by atoms with E-state index in [9.17, 15) is 0 Å². The predicted octanol–water partition coefficient (Wildman–Crippen LogP) is 1.86. The van der Waals surface area contributed by atoms with Gasteiger partial charge in [0.2, 0.25) is 0 Å². The maximum absolute atomic E-state index is 5.98. The summed E-state index contributed by atoms with van der Waals surface area (Å²) in [6, 6.07) is 0. The van der Waals surface area contributed by atoms with Gasteiger partial charge < -0.3 is 10.6 Å². The second kappa shape index (κ2) is 7.92. The molecule has 2 saturated heterocycles. The summed E-state index contributed by atoms with van der Waals surface area (Å²) in [6.07, 6.45) is 2.67. The Morgan fingerprint density at radius 1 is 1.31 bits per heavy atom. The van der Waals surface area contributed by atoms with E-state index in [0.717, 1.165) is 30.8 Å². The van der Waals surface area contributed by atoms with Gasteiger partial charge in [-0.1, -0.05) is 0 Å². The number of thioether (sulfide) groups is 2. The molecule has 2 rings (SSSR count). The summed E-state index contributed by atoms with van der Waals surface area (Å²) >= 11 is 4.05. The molecule has 0 aromatic heterocycles. The number of guanidine groups is 1. The van der Waals surface area contributed by atoms with Crippen LogP contribution in [0.2, 0.25) is 0 Å². The maximum Gasteiger partial charge on any atom is 0.191 e. The average Bonchev–Trinajstić information content (AvgIpc) is 2.80. The Morgan fingerprint density at radius 3 is 2.69 bits per heavy atom. The Bertz CT molecular complexity index is 226. The number of halogens is 1. The smallest absolute Gasteiger partial charge is 0.191 e. The highest BCUT2D eigenvalue weighted by Crippen LogP contribution is 2.26. The molecule has 0 bridgehead atoms. The van der Waals surface area contributed by atoms with E-state index >= 15 is 0 Å². The van der Waals surface area contributed by atoms with Gasteiger partial charge in [-0.2, -0.15) is 23.5 Å². The molecule has 0 amide bonds. The highest BCUT2D eigenvalue weighted by molar-refractivity contribution is 14.0. The molecule has 0 aromatic carbocycles. The fraction of sp³-hybridized carbons (Fsp3) is 0.900. The first-order chi connectivity index (χ1) is 7.36. The second-order valence-electron chi connectivity index (χ2n) is 3.93. The van der Waals surface area contributed by atoms with Crippen LogP contribution in [0.15, 0.2) is 4.99 Å². The molecule has 1 unspecified atom stereocenters. The number of nitrogens with zero attached hydrogens (tertiary/aromatic N) is 2. The van der Waals surface area contributed by atoms with Crippen molar-refractivity contribution in [2.75, 3.05) is 36.9 Å². The zero-order chi connectivity index (χ0) is 10.5. The van der Waals surface area contributed by atoms with Crippen LogP contribution in [0, 0.1) is 0 Å². The summed E-state index contributed by atoms with van der Waals surface area (Å²) < 4.78 is 0. The van der Waals surface area contributed by atoms with E-state index in [-0.39, 0.29) is 24.0 Å². The van der Waals surface area contributed by atoms with Crippen LogP contribution < -0.4 is 5.73 Å². The molecule has 0 aliphatic carbocycles. The van der Waals surface area contributed by atoms with Crippen LogP contribution in [0.1, 0.15) is 12.8 Å². The molecule has 0 aromatic rings. The lowest BCUT2D eigenvalue weighted by molar-refractivity contribution is 0.455. The summed E-state index contributed by atoms with van der Waals surface area (Å²) in [5.74, 6) is 4.45. The fourth-order valence-corrected chi connectivity index (χ4v) is 3.96. The van der Waals surface area contributed by atoms with Crippen molar-refractivity contribution in [1.29, 1.82) is 0 Å². The second-order valence-corrected chi connectivity index (χ2v) is 6.57. The summed E-state index contributed by atoms with van der Waals surface area (Å²) in [6.45, 7) is 3.05. The minimum absolute atomic E-state index is 0. The van der Waals surface area contributed by atoms with Gasteiger partial charge in [0.25, 0.3) is 0 Å². The van der Waals surface area contributed by atoms with Crippen molar-refractivity contribution < 1.29 is 0 Å². The predicted molar refractivity (Wildman–Crippen MR) is 86.3 cm³/mol. The van der Waals surface area contributed by atoms with Crippen molar-refractivity contribution in [2.24, 2.45) is 10.7 Å². The molecule has 2 heterocycles. The van der Waals surface area contributed by atoms with Gasteiger partial charge in [-0.25, -0.2) is 0 Å². The SMILES string of the molecule is I.NC(=NCC1CCCS1)N1CCSCC1. The molecule has 2 aliphatic heterocycles. The van der Waals surface area contributed by atoms with E-state index in [2.05, 4.69) is 9.89 Å². The summed E-state index contributed by atoms with van der Waals surface area (Å²) in [5.41, 5.74) is 5.98. The molecule has 2 aliphatic rings. The van der Waals surface area contributed by atoms with Gasteiger partial charge in [0.1, 0.15) is 0 Å². The number of hydrogen-bond donors (Lipinski definition) is 1. The molecule has 2 N–H and O–H groups in total. The van der Waals surface area contributed by atoms with Gasteiger partial charge >= 0.3 is 0 Å². The van der Waals surface area contributed by atoms with Gasteiger partial charge in [0.05, 0.1) is 6.54 Å². The van der Waals surface area contributed by atoms with E-state index < -0.39 is 0 Å². The Kier molecular flexibility index (Phi) is 7.30. The largest absolute Gasteiger partial charge is 0.370 e. The van der Waals surface area contributed by atoms with E-state index in [1.807, 2.05) is 23.5 Å². The van der Waals surface area contributed by atoms with E-state index in [1.165, 1.54) is 30.1 Å². The third-order valence-corrected chi connectivity index (χ3v) is 5.14. The van der Waals surface area contributed by atoms with Gasteiger partial charge in [-0.3, -0.25) is 4.99 Å². The highest BCUT2D eigenvalue weighted by Gasteiger charge is 2.16. The molecular weight excluding hydrogens is 353 g/mol. The Balaban J connectivity index is 0.00000128. The number of aliphatic imine (C=N–C) groups is 1. The Labute approximate surface area is 123 Å². The summed E-state index contributed by atoms with van der Waals surface area (Å²) in [4.78, 5) is 6.74. The minimum Gasteiger partial charge on any atom is -0.370 e. The molecule has 3 nitrogen and oxygen atoms in total. The maximum atomic E-state index is 5.98. The summed E-state index contributed by atoms with van der Waals surface area (Å²) in [5, 5.41) is 0.725. The molecular formula is C10H20IN3S2. The first-order valence-corrected chi connectivity index (χ1v) is 7.81. The molecule has 6 heteroatoms. The molecule has 0 saturated carbocycles. The zero-order valence-electron chi connectivity index (χ0n) is 9.43. The topological polar surface area (TPSA) is 41.6 Å². The quantitative estimate of drug-likeness (QED) is 0.456. The molecule has 16 heavy (non-hydrogen) atoms. The monoisotopic (exact) mass is 373 g/mol. The number of nitrogens with two attached hydrogens (primary N) is 1. The van der Waals surface area contributed by atoms with Crippen molar-refractivity contribution >= 4 is 53.5 Å². The standard InChI is InChI=1S/C10H19N3S2.HI/c11-10(13-3-6-14-7-4-13)12-8-9-2-1-5-15-9;/h9H,1-8H2,(H2,11,12);1H. The minimum atomic E-state index is 0. The van der Waals surface area contributed by atoms with Crippen LogP contribution >= 0.6 is 47.5 Å². The molecule has 0 radical (unpaired) electrons. The van der Waals surface area contributed by atoms with E-state index in [0.29, 0.717) is 0 Å². The zero-order valence-corrected chi connectivity index (χ0v) is 13.4. The Morgan fingerprint density at radius 2 is 2.06 bits per heavy atom. The normalized spacial score (nSPS) is 26.6. The van der Waals surface area contributed by atoms with Gasteiger partial charge in [0, 0.05) is 29.8 Å². The fourth-order valence-electron chi connectivity index (χ4n) is 1.88. The van der Waals surface area contributed by atoms with Crippen LogP contribution in [0.3, 0.4) is 0 Å². The van der Waals surface area contributed by atoms with Crippen molar-refractivity contribution in [3.63, 3.8) is 0 Å². The average molecular weight is 373 g/mol. The first kappa shape index (κ1) is 14.8. The Hall–Kier alpha value is 0.700. The van der Waals surface area contributed by atoms with Crippen LogP contribution in [0.5, 0.6) is 0 Å². The van der Waals surface area contributed by atoms with Gasteiger partial charge in [-0.15, -0.1) is 24.0 Å². The molecule has 0 spiro atoms.